The Bertz CT molecular complexity index is 797. The average Bonchev–Trinajstić information content (AvgIpc) is 3.11. The van der Waals surface area contributed by atoms with Crippen LogP contribution < -0.4 is 0 Å². The van der Waals surface area contributed by atoms with Crippen molar-refractivity contribution in [1.82, 2.24) is 0 Å². The molecule has 2 fully saturated rings. The molecule has 3 aliphatic rings. The lowest BCUT2D eigenvalue weighted by atomic mass is 9.74. The van der Waals surface area contributed by atoms with Crippen molar-refractivity contribution in [2.45, 2.75) is 71.1 Å². The molecule has 1 heterocycles. The molecule has 0 radical (unpaired) electrons. The molecule has 8 heteroatoms. The molecule has 0 unspecified atom stereocenters. The van der Waals surface area contributed by atoms with Gasteiger partial charge in [0.05, 0.1) is 11.8 Å². The van der Waals surface area contributed by atoms with Gasteiger partial charge in [0.1, 0.15) is 23.9 Å². The summed E-state index contributed by atoms with van der Waals surface area (Å²) < 4.78 is 16.6. The zero-order chi connectivity index (χ0) is 22.5. The van der Waals surface area contributed by atoms with E-state index in [1.54, 1.807) is 19.9 Å². The van der Waals surface area contributed by atoms with Crippen LogP contribution in [0.5, 0.6) is 0 Å². The van der Waals surface area contributed by atoms with Gasteiger partial charge in [0.15, 0.2) is 6.10 Å². The van der Waals surface area contributed by atoms with Crippen LogP contribution in [-0.4, -0.2) is 58.1 Å². The zero-order valence-corrected chi connectivity index (χ0v) is 18.0. The number of aliphatic hydroxyl groups is 2. The maximum absolute atomic E-state index is 12.6. The van der Waals surface area contributed by atoms with E-state index in [9.17, 15) is 24.6 Å². The Kier molecular flexibility index (Phi) is 5.86. The lowest BCUT2D eigenvalue weighted by Gasteiger charge is -2.41. The minimum Gasteiger partial charge on any atom is -0.458 e. The molecule has 166 valence electrons. The molecular formula is C22H30O8. The van der Waals surface area contributed by atoms with E-state index in [0.29, 0.717) is 6.42 Å². The van der Waals surface area contributed by atoms with E-state index in [0.717, 1.165) is 5.57 Å². The minimum absolute atomic E-state index is 0.0669. The van der Waals surface area contributed by atoms with Crippen LogP contribution >= 0.6 is 0 Å². The highest BCUT2D eigenvalue weighted by atomic mass is 16.6. The average molecular weight is 422 g/mol. The molecular weight excluding hydrogens is 392 g/mol. The monoisotopic (exact) mass is 422 g/mol. The van der Waals surface area contributed by atoms with Gasteiger partial charge in [0.2, 0.25) is 0 Å². The van der Waals surface area contributed by atoms with Gasteiger partial charge in [-0.05, 0) is 26.3 Å². The van der Waals surface area contributed by atoms with Crippen LogP contribution in [0.15, 0.2) is 23.8 Å². The molecule has 3 rings (SSSR count). The molecule has 2 N–H and O–H groups in total. The van der Waals surface area contributed by atoms with E-state index in [1.165, 1.54) is 13.8 Å². The highest BCUT2D eigenvalue weighted by Crippen LogP contribution is 2.53. The van der Waals surface area contributed by atoms with Crippen molar-refractivity contribution in [2.24, 2.45) is 23.7 Å². The maximum Gasteiger partial charge on any atom is 0.334 e. The fourth-order valence-corrected chi connectivity index (χ4v) is 5.04. The topological polar surface area (TPSA) is 119 Å². The van der Waals surface area contributed by atoms with E-state index in [2.05, 4.69) is 6.58 Å². The number of aliphatic hydroxyl groups excluding tert-OH is 1. The van der Waals surface area contributed by atoms with Crippen LogP contribution in [0, 0.1) is 23.7 Å². The van der Waals surface area contributed by atoms with Crippen molar-refractivity contribution in [2.75, 3.05) is 0 Å². The summed E-state index contributed by atoms with van der Waals surface area (Å²) in [4.78, 5) is 36.6. The molecule has 0 spiro atoms. The summed E-state index contributed by atoms with van der Waals surface area (Å²) in [6.07, 6.45) is -2.21. The number of rotatable bonds is 4. The van der Waals surface area contributed by atoms with Gasteiger partial charge in [-0.2, -0.15) is 0 Å². The van der Waals surface area contributed by atoms with Crippen LogP contribution in [0.1, 0.15) is 41.0 Å². The van der Waals surface area contributed by atoms with Crippen molar-refractivity contribution in [3.05, 3.63) is 23.8 Å². The first-order valence-corrected chi connectivity index (χ1v) is 10.3. The summed E-state index contributed by atoms with van der Waals surface area (Å²) in [5.41, 5.74) is -0.957. The normalized spacial score (nSPS) is 41.2. The number of carbonyl (C=O) groups is 3. The predicted molar refractivity (Wildman–Crippen MR) is 105 cm³/mol. The Labute approximate surface area is 175 Å². The predicted octanol–water partition coefficient (Wildman–Crippen LogP) is 1.29. The van der Waals surface area contributed by atoms with Crippen LogP contribution in [0.2, 0.25) is 0 Å². The Morgan fingerprint density at radius 1 is 1.33 bits per heavy atom. The van der Waals surface area contributed by atoms with Crippen molar-refractivity contribution < 1.29 is 38.8 Å². The summed E-state index contributed by atoms with van der Waals surface area (Å²) in [5, 5.41) is 22.8. The van der Waals surface area contributed by atoms with E-state index in [-0.39, 0.29) is 5.57 Å². The van der Waals surface area contributed by atoms with Crippen LogP contribution in [-0.2, 0) is 28.6 Å². The van der Waals surface area contributed by atoms with Gasteiger partial charge in [0, 0.05) is 24.3 Å². The molecule has 0 amide bonds. The summed E-state index contributed by atoms with van der Waals surface area (Å²) in [7, 11) is 0. The van der Waals surface area contributed by atoms with Crippen LogP contribution in [0.25, 0.3) is 0 Å². The van der Waals surface area contributed by atoms with Gasteiger partial charge in [-0.1, -0.05) is 26.0 Å². The summed E-state index contributed by atoms with van der Waals surface area (Å²) in [6, 6.07) is 0. The molecule has 0 aromatic heterocycles. The van der Waals surface area contributed by atoms with Crippen molar-refractivity contribution in [3.63, 3.8) is 0 Å². The first-order chi connectivity index (χ1) is 13.9. The van der Waals surface area contributed by atoms with Crippen molar-refractivity contribution in [3.8, 4) is 0 Å². The lowest BCUT2D eigenvalue weighted by molar-refractivity contribution is -0.200. The Morgan fingerprint density at radius 2 is 1.97 bits per heavy atom. The molecule has 0 aromatic rings. The third-order valence-corrected chi connectivity index (χ3v) is 6.80. The van der Waals surface area contributed by atoms with Crippen molar-refractivity contribution >= 4 is 17.9 Å². The second-order valence-electron chi connectivity index (χ2n) is 8.84. The zero-order valence-electron chi connectivity index (χ0n) is 18.0. The SMILES string of the molecule is C=C1C(=O)O[C@H]2[C@H]1[C@@H](O)[C@@H](OC(=O)[C@H](C)CC)[C@@](C)(O)[C@@H]1[C@@H]2C(C)=C[C@H]1OC(C)=O. The highest BCUT2D eigenvalue weighted by molar-refractivity contribution is 5.91. The number of esters is 3. The van der Waals surface area contributed by atoms with Gasteiger partial charge in [-0.25, -0.2) is 4.79 Å². The largest absolute Gasteiger partial charge is 0.458 e. The molecule has 30 heavy (non-hydrogen) atoms. The first kappa shape index (κ1) is 22.5. The lowest BCUT2D eigenvalue weighted by Crippen LogP contribution is -2.57. The highest BCUT2D eigenvalue weighted by Gasteiger charge is 2.65. The number of carbonyl (C=O) groups excluding carboxylic acids is 3. The fraction of sp³-hybridized carbons (Fsp3) is 0.682. The molecule has 1 saturated carbocycles. The number of hydrogen-bond acceptors (Lipinski definition) is 8. The Balaban J connectivity index is 2.11. The molecule has 1 saturated heterocycles. The quantitative estimate of drug-likeness (QED) is 0.301. The minimum atomic E-state index is -1.78. The van der Waals surface area contributed by atoms with Crippen molar-refractivity contribution in [1.29, 1.82) is 0 Å². The molecule has 1 aliphatic heterocycles. The molecule has 8 nitrogen and oxygen atoms in total. The first-order valence-electron chi connectivity index (χ1n) is 10.3. The second kappa shape index (κ2) is 7.81. The Morgan fingerprint density at radius 3 is 2.53 bits per heavy atom. The fourth-order valence-electron chi connectivity index (χ4n) is 5.04. The second-order valence-corrected chi connectivity index (χ2v) is 8.84. The van der Waals surface area contributed by atoms with Gasteiger partial charge in [-0.15, -0.1) is 0 Å². The smallest absolute Gasteiger partial charge is 0.334 e. The van der Waals surface area contributed by atoms with Crippen LogP contribution in [0.3, 0.4) is 0 Å². The molecule has 9 atom stereocenters. The standard InChI is InChI=1S/C22H30O8/c1-7-9(2)20(25)30-19-17(24)15-11(4)21(26)29-18(15)14-10(3)8-13(28-12(5)23)16(14)22(19,6)27/h8-9,13-19,24,27H,4,7H2,1-3,5-6H3/t9-,13-,14+,15-,16+,17-,18-,19-,22+/m1/s1. The Hall–Kier alpha value is -2.19. The molecule has 0 bridgehead atoms. The molecule has 0 aromatic carbocycles. The summed E-state index contributed by atoms with van der Waals surface area (Å²) >= 11 is 0. The van der Waals surface area contributed by atoms with Gasteiger partial charge >= 0.3 is 17.9 Å². The van der Waals surface area contributed by atoms with Crippen LogP contribution in [0.4, 0.5) is 0 Å². The van der Waals surface area contributed by atoms with Gasteiger partial charge in [-0.3, -0.25) is 9.59 Å². The van der Waals surface area contributed by atoms with E-state index in [4.69, 9.17) is 14.2 Å². The number of hydrogen-bond donors (Lipinski definition) is 2. The van der Waals surface area contributed by atoms with E-state index in [1.807, 2.05) is 6.92 Å². The molecule has 2 aliphatic carbocycles. The third-order valence-electron chi connectivity index (χ3n) is 6.80. The van der Waals surface area contributed by atoms with Gasteiger partial charge < -0.3 is 24.4 Å². The summed E-state index contributed by atoms with van der Waals surface area (Å²) in [5.74, 6) is -4.39. The van der Waals surface area contributed by atoms with Gasteiger partial charge in [0.25, 0.3) is 0 Å². The third kappa shape index (κ3) is 3.46. The number of fused-ring (bicyclic) bond motifs is 3. The summed E-state index contributed by atoms with van der Waals surface area (Å²) in [6.45, 7) is 11.8. The van der Waals surface area contributed by atoms with E-state index >= 15 is 0 Å². The van der Waals surface area contributed by atoms with E-state index < -0.39 is 71.6 Å². The maximum atomic E-state index is 12.6. The number of ether oxygens (including phenoxy) is 3.